The molecule has 21 heavy (non-hydrogen) atoms. The van der Waals surface area contributed by atoms with Crippen molar-refractivity contribution in [2.45, 2.75) is 13.5 Å². The van der Waals surface area contributed by atoms with E-state index in [0.29, 0.717) is 12.5 Å². The highest BCUT2D eigenvalue weighted by molar-refractivity contribution is 5.34. The van der Waals surface area contributed by atoms with Crippen LogP contribution in [0.5, 0.6) is 5.88 Å². The van der Waals surface area contributed by atoms with Crippen molar-refractivity contribution in [2.24, 2.45) is 0 Å². The van der Waals surface area contributed by atoms with Gasteiger partial charge in [-0.25, -0.2) is 4.98 Å². The number of morpholine rings is 1. The molecule has 0 atom stereocenters. The van der Waals surface area contributed by atoms with Crippen molar-refractivity contribution in [3.05, 3.63) is 47.7 Å². The minimum atomic E-state index is 0.514. The van der Waals surface area contributed by atoms with Gasteiger partial charge in [-0.2, -0.15) is 4.98 Å². The van der Waals surface area contributed by atoms with Gasteiger partial charge in [0.15, 0.2) is 0 Å². The van der Waals surface area contributed by atoms with Gasteiger partial charge in [0.25, 0.3) is 0 Å². The van der Waals surface area contributed by atoms with E-state index >= 15 is 0 Å². The summed E-state index contributed by atoms with van der Waals surface area (Å²) in [6, 6.07) is 11.9. The number of hydrogen-bond donors (Lipinski definition) is 0. The highest BCUT2D eigenvalue weighted by atomic mass is 16.5. The Hall–Kier alpha value is -2.14. The molecule has 1 saturated heterocycles. The van der Waals surface area contributed by atoms with Gasteiger partial charge < -0.3 is 14.4 Å². The van der Waals surface area contributed by atoms with Crippen LogP contribution in [0, 0.1) is 6.92 Å². The van der Waals surface area contributed by atoms with Gasteiger partial charge >= 0.3 is 0 Å². The molecule has 0 unspecified atom stereocenters. The van der Waals surface area contributed by atoms with E-state index in [2.05, 4.69) is 14.9 Å². The standard InChI is InChI=1S/C16H19N3O2/c1-13-11-15(21-12-14-5-3-2-4-6-14)18-16(17-13)19-7-9-20-10-8-19/h2-6,11H,7-10,12H2,1H3. The largest absolute Gasteiger partial charge is 0.473 e. The van der Waals surface area contributed by atoms with Crippen LogP contribution in [-0.4, -0.2) is 36.3 Å². The molecular weight excluding hydrogens is 266 g/mol. The number of rotatable bonds is 4. The molecule has 5 nitrogen and oxygen atoms in total. The minimum Gasteiger partial charge on any atom is -0.473 e. The minimum absolute atomic E-state index is 0.514. The Labute approximate surface area is 124 Å². The van der Waals surface area contributed by atoms with Crippen molar-refractivity contribution >= 4 is 5.95 Å². The van der Waals surface area contributed by atoms with Crippen molar-refractivity contribution in [1.29, 1.82) is 0 Å². The fourth-order valence-corrected chi connectivity index (χ4v) is 2.23. The first-order valence-electron chi connectivity index (χ1n) is 7.16. The fraction of sp³-hybridized carbons (Fsp3) is 0.375. The molecule has 1 aliphatic rings. The van der Waals surface area contributed by atoms with Gasteiger partial charge in [0, 0.05) is 24.8 Å². The maximum atomic E-state index is 5.80. The Morgan fingerprint density at radius 1 is 1.14 bits per heavy atom. The van der Waals surface area contributed by atoms with Crippen LogP contribution < -0.4 is 9.64 Å². The summed E-state index contributed by atoms with van der Waals surface area (Å²) in [5.74, 6) is 1.34. The summed E-state index contributed by atoms with van der Waals surface area (Å²) in [5.41, 5.74) is 2.04. The predicted molar refractivity (Wildman–Crippen MR) is 80.6 cm³/mol. The summed E-state index contributed by atoms with van der Waals surface area (Å²) >= 11 is 0. The quantitative estimate of drug-likeness (QED) is 0.862. The van der Waals surface area contributed by atoms with Crippen LogP contribution in [-0.2, 0) is 11.3 Å². The molecule has 1 fully saturated rings. The van der Waals surface area contributed by atoms with Crippen molar-refractivity contribution < 1.29 is 9.47 Å². The molecule has 1 aromatic heterocycles. The Morgan fingerprint density at radius 2 is 1.90 bits per heavy atom. The van der Waals surface area contributed by atoms with E-state index in [4.69, 9.17) is 9.47 Å². The zero-order valence-corrected chi connectivity index (χ0v) is 12.2. The Kier molecular flexibility index (Phi) is 4.31. The Morgan fingerprint density at radius 3 is 2.67 bits per heavy atom. The molecule has 0 N–H and O–H groups in total. The molecule has 0 radical (unpaired) electrons. The maximum Gasteiger partial charge on any atom is 0.229 e. The van der Waals surface area contributed by atoms with E-state index in [1.165, 1.54) is 0 Å². The lowest BCUT2D eigenvalue weighted by molar-refractivity contribution is 0.122. The van der Waals surface area contributed by atoms with Crippen molar-refractivity contribution in [3.63, 3.8) is 0 Å². The molecule has 3 rings (SSSR count). The third kappa shape index (κ3) is 3.70. The van der Waals surface area contributed by atoms with E-state index in [1.807, 2.05) is 43.3 Å². The summed E-state index contributed by atoms with van der Waals surface area (Å²) in [7, 11) is 0. The number of hydrogen-bond acceptors (Lipinski definition) is 5. The number of ether oxygens (including phenoxy) is 2. The third-order valence-electron chi connectivity index (χ3n) is 3.34. The summed E-state index contributed by atoms with van der Waals surface area (Å²) in [5, 5.41) is 0. The molecule has 0 aliphatic carbocycles. The zero-order chi connectivity index (χ0) is 14.5. The van der Waals surface area contributed by atoms with Gasteiger partial charge in [-0.15, -0.1) is 0 Å². The van der Waals surface area contributed by atoms with Crippen molar-refractivity contribution in [3.8, 4) is 5.88 Å². The lowest BCUT2D eigenvalue weighted by Gasteiger charge is -2.27. The third-order valence-corrected chi connectivity index (χ3v) is 3.34. The van der Waals surface area contributed by atoms with Gasteiger partial charge in [0.2, 0.25) is 11.8 Å². The van der Waals surface area contributed by atoms with E-state index in [-0.39, 0.29) is 0 Å². The Bertz CT molecular complexity index is 583. The molecular formula is C16H19N3O2. The lowest BCUT2D eigenvalue weighted by Crippen LogP contribution is -2.37. The lowest BCUT2D eigenvalue weighted by atomic mass is 10.2. The smallest absolute Gasteiger partial charge is 0.229 e. The molecule has 0 spiro atoms. The van der Waals surface area contributed by atoms with Crippen LogP contribution in [0.3, 0.4) is 0 Å². The number of nitrogens with zero attached hydrogens (tertiary/aromatic N) is 3. The molecule has 110 valence electrons. The number of benzene rings is 1. The van der Waals surface area contributed by atoms with E-state index in [9.17, 15) is 0 Å². The van der Waals surface area contributed by atoms with Crippen molar-refractivity contribution in [2.75, 3.05) is 31.2 Å². The first-order valence-corrected chi connectivity index (χ1v) is 7.16. The normalized spacial score (nSPS) is 15.0. The van der Waals surface area contributed by atoms with E-state index in [1.54, 1.807) is 0 Å². The van der Waals surface area contributed by atoms with Gasteiger partial charge in [-0.05, 0) is 12.5 Å². The first-order chi connectivity index (χ1) is 10.3. The number of aromatic nitrogens is 2. The van der Waals surface area contributed by atoms with Gasteiger partial charge in [-0.1, -0.05) is 30.3 Å². The second kappa shape index (κ2) is 6.54. The predicted octanol–water partition coefficient (Wildman–Crippen LogP) is 2.20. The van der Waals surface area contributed by atoms with Crippen LogP contribution in [0.1, 0.15) is 11.3 Å². The highest BCUT2D eigenvalue weighted by Crippen LogP contribution is 2.17. The summed E-state index contributed by atoms with van der Waals surface area (Å²) in [4.78, 5) is 11.1. The molecule has 0 bridgehead atoms. The average molecular weight is 285 g/mol. The number of anilines is 1. The second-order valence-corrected chi connectivity index (χ2v) is 5.02. The molecule has 2 heterocycles. The van der Waals surface area contributed by atoms with E-state index < -0.39 is 0 Å². The van der Waals surface area contributed by atoms with Gasteiger partial charge in [0.1, 0.15) is 6.61 Å². The molecule has 0 amide bonds. The van der Waals surface area contributed by atoms with Crippen molar-refractivity contribution in [1.82, 2.24) is 9.97 Å². The topological polar surface area (TPSA) is 47.5 Å². The van der Waals surface area contributed by atoms with Crippen LogP contribution in [0.4, 0.5) is 5.95 Å². The summed E-state index contributed by atoms with van der Waals surface area (Å²) < 4.78 is 11.2. The monoisotopic (exact) mass is 285 g/mol. The molecule has 1 aliphatic heterocycles. The van der Waals surface area contributed by atoms with Crippen LogP contribution in [0.2, 0.25) is 0 Å². The molecule has 5 heteroatoms. The summed E-state index contributed by atoms with van der Waals surface area (Å²) in [6.45, 7) is 5.55. The Balaban J connectivity index is 1.71. The SMILES string of the molecule is Cc1cc(OCc2ccccc2)nc(N2CCOCC2)n1. The second-order valence-electron chi connectivity index (χ2n) is 5.02. The van der Waals surface area contributed by atoms with Gasteiger partial charge in [0.05, 0.1) is 13.2 Å². The van der Waals surface area contributed by atoms with Crippen LogP contribution in [0.15, 0.2) is 36.4 Å². The zero-order valence-electron chi connectivity index (χ0n) is 12.2. The molecule has 1 aromatic carbocycles. The fourth-order valence-electron chi connectivity index (χ4n) is 2.23. The first kappa shape index (κ1) is 13.8. The average Bonchev–Trinajstić information content (AvgIpc) is 2.54. The molecule has 2 aromatic rings. The molecule has 0 saturated carbocycles. The van der Waals surface area contributed by atoms with E-state index in [0.717, 1.165) is 43.5 Å². The van der Waals surface area contributed by atoms with Crippen LogP contribution in [0.25, 0.3) is 0 Å². The maximum absolute atomic E-state index is 5.80. The van der Waals surface area contributed by atoms with Crippen LogP contribution >= 0.6 is 0 Å². The summed E-state index contributed by atoms with van der Waals surface area (Å²) in [6.07, 6.45) is 0. The number of aryl methyl sites for hydroxylation is 1. The highest BCUT2D eigenvalue weighted by Gasteiger charge is 2.15. The van der Waals surface area contributed by atoms with Gasteiger partial charge in [-0.3, -0.25) is 0 Å².